The summed E-state index contributed by atoms with van der Waals surface area (Å²) in [7, 11) is 0. The van der Waals surface area contributed by atoms with Gasteiger partial charge in [0.15, 0.2) is 0 Å². The summed E-state index contributed by atoms with van der Waals surface area (Å²) in [6.45, 7) is 4.84. The lowest BCUT2D eigenvalue weighted by atomic mass is 9.69. The van der Waals surface area contributed by atoms with E-state index >= 15 is 0 Å². The Kier molecular flexibility index (Phi) is 1.78. The van der Waals surface area contributed by atoms with Crippen molar-refractivity contribution in [3.8, 4) is 0 Å². The molecule has 1 saturated carbocycles. The summed E-state index contributed by atoms with van der Waals surface area (Å²) >= 11 is 0. The zero-order chi connectivity index (χ0) is 7.84. The Bertz CT molecular complexity index is 169. The Labute approximate surface area is 69.7 Å². The van der Waals surface area contributed by atoms with Crippen LogP contribution in [0.1, 0.15) is 33.1 Å². The Hall–Kier alpha value is -0.260. The van der Waals surface area contributed by atoms with Gasteiger partial charge in [-0.1, -0.05) is 32.4 Å². The molecule has 1 fully saturated rings. The summed E-state index contributed by atoms with van der Waals surface area (Å²) in [6.07, 6.45) is 9.13. The smallest absolute Gasteiger partial charge is 0.0174 e. The van der Waals surface area contributed by atoms with Crippen molar-refractivity contribution in [2.24, 2.45) is 23.7 Å². The van der Waals surface area contributed by atoms with E-state index in [4.69, 9.17) is 0 Å². The lowest BCUT2D eigenvalue weighted by Crippen LogP contribution is -2.28. The first-order chi connectivity index (χ1) is 5.29. The third kappa shape index (κ3) is 1.13. The lowest BCUT2D eigenvalue weighted by Gasteiger charge is -2.36. The van der Waals surface area contributed by atoms with Crippen LogP contribution in [0.3, 0.4) is 0 Å². The van der Waals surface area contributed by atoms with Gasteiger partial charge in [0.05, 0.1) is 0 Å². The minimum absolute atomic E-state index is 0.929. The second-order valence-electron chi connectivity index (χ2n) is 4.44. The predicted molar refractivity (Wildman–Crippen MR) is 48.3 cm³/mol. The highest BCUT2D eigenvalue weighted by atomic mass is 14.4. The molecule has 0 nitrogen and oxygen atoms in total. The molecule has 0 aromatic carbocycles. The van der Waals surface area contributed by atoms with Crippen LogP contribution in [0.2, 0.25) is 0 Å². The molecule has 2 aliphatic carbocycles. The molecule has 0 N–H and O–H groups in total. The van der Waals surface area contributed by atoms with Gasteiger partial charge in [-0.15, -0.1) is 0 Å². The van der Waals surface area contributed by atoms with E-state index in [1.807, 2.05) is 0 Å². The first-order valence-electron chi connectivity index (χ1n) is 4.95. The summed E-state index contributed by atoms with van der Waals surface area (Å²) in [5.74, 6) is 3.86. The van der Waals surface area contributed by atoms with Gasteiger partial charge >= 0.3 is 0 Å². The number of allylic oxidation sites excluding steroid dienone is 2. The highest BCUT2D eigenvalue weighted by Crippen LogP contribution is 2.44. The minimum atomic E-state index is 0.929. The average Bonchev–Trinajstić information content (AvgIpc) is 2.45. The van der Waals surface area contributed by atoms with Crippen LogP contribution in [-0.2, 0) is 0 Å². The molecule has 0 aromatic heterocycles. The van der Waals surface area contributed by atoms with Crippen LogP contribution in [0.15, 0.2) is 12.2 Å². The maximum atomic E-state index is 2.46. The molecular formula is C11H18. The fourth-order valence-electron chi connectivity index (χ4n) is 2.85. The van der Waals surface area contributed by atoms with E-state index < -0.39 is 0 Å². The third-order valence-corrected chi connectivity index (χ3v) is 3.73. The Morgan fingerprint density at radius 3 is 2.55 bits per heavy atom. The van der Waals surface area contributed by atoms with Crippen LogP contribution >= 0.6 is 0 Å². The monoisotopic (exact) mass is 150 g/mol. The summed E-state index contributed by atoms with van der Waals surface area (Å²) in [5, 5.41) is 0. The van der Waals surface area contributed by atoms with E-state index in [0.29, 0.717) is 0 Å². The van der Waals surface area contributed by atoms with Gasteiger partial charge < -0.3 is 0 Å². The summed E-state index contributed by atoms with van der Waals surface area (Å²) in [6, 6.07) is 0. The Morgan fingerprint density at radius 1 is 1.09 bits per heavy atom. The molecule has 0 saturated heterocycles. The number of rotatable bonds is 0. The molecule has 0 aliphatic heterocycles. The molecule has 0 heteroatoms. The molecule has 0 radical (unpaired) electrons. The molecular weight excluding hydrogens is 132 g/mol. The Balaban J connectivity index is 2.12. The fourth-order valence-corrected chi connectivity index (χ4v) is 2.85. The maximum Gasteiger partial charge on any atom is -0.0174 e. The van der Waals surface area contributed by atoms with Crippen molar-refractivity contribution in [1.82, 2.24) is 0 Å². The molecule has 0 spiro atoms. The maximum absolute atomic E-state index is 2.46. The van der Waals surface area contributed by atoms with Crippen molar-refractivity contribution >= 4 is 0 Å². The van der Waals surface area contributed by atoms with Gasteiger partial charge in [-0.3, -0.25) is 0 Å². The van der Waals surface area contributed by atoms with E-state index in [0.717, 1.165) is 23.7 Å². The molecule has 4 atom stereocenters. The van der Waals surface area contributed by atoms with Crippen LogP contribution in [0.25, 0.3) is 0 Å². The zero-order valence-corrected chi connectivity index (χ0v) is 7.59. The van der Waals surface area contributed by atoms with Gasteiger partial charge in [-0.05, 0) is 36.5 Å². The zero-order valence-electron chi connectivity index (χ0n) is 7.59. The first kappa shape index (κ1) is 7.39. The highest BCUT2D eigenvalue weighted by Gasteiger charge is 2.35. The topological polar surface area (TPSA) is 0 Å². The van der Waals surface area contributed by atoms with E-state index in [2.05, 4.69) is 26.0 Å². The van der Waals surface area contributed by atoms with E-state index in [-0.39, 0.29) is 0 Å². The predicted octanol–water partition coefficient (Wildman–Crippen LogP) is 3.24. The molecule has 62 valence electrons. The average molecular weight is 150 g/mol. The van der Waals surface area contributed by atoms with Gasteiger partial charge in [-0.2, -0.15) is 0 Å². The fraction of sp³-hybridized carbons (Fsp3) is 0.818. The van der Waals surface area contributed by atoms with Crippen LogP contribution in [0, 0.1) is 23.7 Å². The van der Waals surface area contributed by atoms with Crippen LogP contribution in [0.5, 0.6) is 0 Å². The van der Waals surface area contributed by atoms with Crippen molar-refractivity contribution in [2.75, 3.05) is 0 Å². The highest BCUT2D eigenvalue weighted by molar-refractivity contribution is 5.05. The molecule has 4 unspecified atom stereocenters. The van der Waals surface area contributed by atoms with Gasteiger partial charge in [-0.25, -0.2) is 0 Å². The number of hydrogen-bond donors (Lipinski definition) is 0. The third-order valence-electron chi connectivity index (χ3n) is 3.73. The van der Waals surface area contributed by atoms with Crippen molar-refractivity contribution in [3.05, 3.63) is 12.2 Å². The SMILES string of the molecule is CC1CCC(C)C2CC=CC12. The molecule has 0 aromatic rings. The van der Waals surface area contributed by atoms with E-state index in [9.17, 15) is 0 Å². The second-order valence-corrected chi connectivity index (χ2v) is 4.44. The standard InChI is InChI=1S/C11H18/c1-8-6-7-9(2)11-5-3-4-10(8)11/h3-4,8-11H,5-7H2,1-2H3. The van der Waals surface area contributed by atoms with Crippen molar-refractivity contribution in [2.45, 2.75) is 33.1 Å². The second kappa shape index (κ2) is 2.66. The summed E-state index contributed by atoms with van der Waals surface area (Å²) < 4.78 is 0. The minimum Gasteiger partial charge on any atom is -0.0879 e. The Morgan fingerprint density at radius 2 is 1.82 bits per heavy atom. The molecule has 0 amide bonds. The molecule has 0 heterocycles. The van der Waals surface area contributed by atoms with Crippen molar-refractivity contribution in [1.29, 1.82) is 0 Å². The van der Waals surface area contributed by atoms with Crippen LogP contribution < -0.4 is 0 Å². The summed E-state index contributed by atoms with van der Waals surface area (Å²) in [4.78, 5) is 0. The normalized spacial score (nSPS) is 49.3. The summed E-state index contributed by atoms with van der Waals surface area (Å²) in [5.41, 5.74) is 0. The van der Waals surface area contributed by atoms with Gasteiger partial charge in [0.25, 0.3) is 0 Å². The van der Waals surface area contributed by atoms with Gasteiger partial charge in [0.2, 0.25) is 0 Å². The molecule has 11 heavy (non-hydrogen) atoms. The molecule has 0 bridgehead atoms. The van der Waals surface area contributed by atoms with E-state index in [1.54, 1.807) is 0 Å². The van der Waals surface area contributed by atoms with Crippen LogP contribution in [0.4, 0.5) is 0 Å². The number of hydrogen-bond acceptors (Lipinski definition) is 0. The first-order valence-corrected chi connectivity index (χ1v) is 4.95. The van der Waals surface area contributed by atoms with Gasteiger partial charge in [0, 0.05) is 0 Å². The molecule has 2 aliphatic rings. The van der Waals surface area contributed by atoms with Gasteiger partial charge in [0.1, 0.15) is 0 Å². The molecule has 2 rings (SSSR count). The van der Waals surface area contributed by atoms with Crippen molar-refractivity contribution in [3.63, 3.8) is 0 Å². The van der Waals surface area contributed by atoms with Crippen LogP contribution in [-0.4, -0.2) is 0 Å². The van der Waals surface area contributed by atoms with Crippen molar-refractivity contribution < 1.29 is 0 Å². The van der Waals surface area contributed by atoms with E-state index in [1.165, 1.54) is 19.3 Å². The number of fused-ring (bicyclic) bond motifs is 1. The largest absolute Gasteiger partial charge is 0.0879 e. The quantitative estimate of drug-likeness (QED) is 0.465. The lowest BCUT2D eigenvalue weighted by molar-refractivity contribution is 0.158.